The molecule has 0 radical (unpaired) electrons. The summed E-state index contributed by atoms with van der Waals surface area (Å²) < 4.78 is 2.06. The van der Waals surface area contributed by atoms with Gasteiger partial charge in [-0.3, -0.25) is 0 Å². The summed E-state index contributed by atoms with van der Waals surface area (Å²) in [6, 6.07) is 17.1. The van der Waals surface area contributed by atoms with Gasteiger partial charge in [-0.25, -0.2) is 9.97 Å². The third-order valence-corrected chi connectivity index (χ3v) is 5.94. The fourth-order valence-corrected chi connectivity index (χ4v) is 4.13. The van der Waals surface area contributed by atoms with Crippen LogP contribution < -0.4 is 15.5 Å². The van der Waals surface area contributed by atoms with Gasteiger partial charge < -0.3 is 20.1 Å². The summed E-state index contributed by atoms with van der Waals surface area (Å²) in [6.45, 7) is 2.06. The molecule has 0 spiro atoms. The summed E-state index contributed by atoms with van der Waals surface area (Å²) >= 11 is 0. The number of hydrogen-bond donors (Lipinski definition) is 2. The molecule has 31 heavy (non-hydrogen) atoms. The van der Waals surface area contributed by atoms with Crippen LogP contribution in [0.2, 0.25) is 0 Å². The molecule has 7 heteroatoms. The lowest BCUT2D eigenvalue weighted by Crippen LogP contribution is -2.35. The first-order valence-corrected chi connectivity index (χ1v) is 10.7. The second-order valence-electron chi connectivity index (χ2n) is 8.05. The molecule has 0 aliphatic carbocycles. The van der Waals surface area contributed by atoms with Gasteiger partial charge in [0.25, 0.3) is 0 Å². The fraction of sp³-hybridized carbons (Fsp3) is 0.292. The van der Waals surface area contributed by atoms with E-state index >= 15 is 0 Å². The maximum absolute atomic E-state index is 4.80. The number of anilines is 3. The molecule has 0 unspecified atom stereocenters. The van der Waals surface area contributed by atoms with Gasteiger partial charge >= 0.3 is 0 Å². The molecular formula is C24H27N7. The van der Waals surface area contributed by atoms with Crippen molar-refractivity contribution in [2.24, 2.45) is 7.05 Å². The van der Waals surface area contributed by atoms with Gasteiger partial charge in [0, 0.05) is 37.6 Å². The van der Waals surface area contributed by atoms with Crippen molar-refractivity contribution in [2.45, 2.75) is 18.9 Å². The third kappa shape index (κ3) is 3.96. The summed E-state index contributed by atoms with van der Waals surface area (Å²) in [4.78, 5) is 16.0. The standard InChI is InChI=1S/C24H27N7/c1-30-16-27-23-20(17-6-4-3-5-7-17)14-19(15-21(23)30)31(2)22-10-13-26-24(29-22)28-18-8-11-25-12-9-18/h3-7,10,13-16,18,25H,8-9,11-12H2,1-2H3,(H,26,28,29). The number of aromatic nitrogens is 4. The van der Waals surface area contributed by atoms with Crippen LogP contribution in [-0.4, -0.2) is 45.7 Å². The largest absolute Gasteiger partial charge is 0.351 e. The van der Waals surface area contributed by atoms with E-state index in [0.717, 1.165) is 59.6 Å². The van der Waals surface area contributed by atoms with Crippen LogP contribution in [-0.2, 0) is 7.05 Å². The number of nitrogens with zero attached hydrogens (tertiary/aromatic N) is 5. The maximum Gasteiger partial charge on any atom is 0.224 e. The Balaban J connectivity index is 1.50. The molecule has 1 aliphatic rings. The molecule has 0 saturated carbocycles. The highest BCUT2D eigenvalue weighted by Gasteiger charge is 2.16. The van der Waals surface area contributed by atoms with E-state index < -0.39 is 0 Å². The minimum Gasteiger partial charge on any atom is -0.351 e. The summed E-state index contributed by atoms with van der Waals surface area (Å²) in [6.07, 6.45) is 5.86. The van der Waals surface area contributed by atoms with Gasteiger partial charge in [0.1, 0.15) is 5.82 Å². The highest BCUT2D eigenvalue weighted by molar-refractivity contribution is 5.95. The average Bonchev–Trinajstić information content (AvgIpc) is 3.20. The molecule has 0 amide bonds. The van der Waals surface area contributed by atoms with Crippen molar-refractivity contribution in [1.29, 1.82) is 0 Å². The van der Waals surface area contributed by atoms with Crippen LogP contribution in [0.5, 0.6) is 0 Å². The molecular weight excluding hydrogens is 386 g/mol. The molecule has 5 rings (SSSR count). The van der Waals surface area contributed by atoms with Gasteiger partial charge in [0.05, 0.1) is 17.4 Å². The van der Waals surface area contributed by atoms with Crippen molar-refractivity contribution in [3.05, 3.63) is 61.1 Å². The van der Waals surface area contributed by atoms with Gasteiger partial charge in [0.15, 0.2) is 0 Å². The fourth-order valence-electron chi connectivity index (χ4n) is 4.13. The van der Waals surface area contributed by atoms with Gasteiger partial charge in [0.2, 0.25) is 5.95 Å². The van der Waals surface area contributed by atoms with Crippen molar-refractivity contribution in [3.63, 3.8) is 0 Å². The zero-order valence-corrected chi connectivity index (χ0v) is 17.9. The van der Waals surface area contributed by atoms with Crippen molar-refractivity contribution in [1.82, 2.24) is 24.8 Å². The van der Waals surface area contributed by atoms with E-state index in [4.69, 9.17) is 4.98 Å². The normalized spacial score (nSPS) is 14.6. The van der Waals surface area contributed by atoms with Crippen molar-refractivity contribution in [2.75, 3.05) is 30.4 Å². The molecule has 4 aromatic rings. The second kappa shape index (κ2) is 8.35. The Hall–Kier alpha value is -3.45. The minimum atomic E-state index is 0.414. The lowest BCUT2D eigenvalue weighted by molar-refractivity contribution is 0.477. The Kier molecular flexibility index (Phi) is 5.26. The molecule has 1 saturated heterocycles. The summed E-state index contributed by atoms with van der Waals surface area (Å²) in [5, 5.41) is 6.89. The van der Waals surface area contributed by atoms with E-state index in [1.165, 1.54) is 0 Å². The zero-order chi connectivity index (χ0) is 21.2. The van der Waals surface area contributed by atoms with Gasteiger partial charge in [-0.1, -0.05) is 30.3 Å². The molecule has 1 fully saturated rings. The minimum absolute atomic E-state index is 0.414. The molecule has 2 aromatic carbocycles. The van der Waals surface area contributed by atoms with Crippen molar-refractivity contribution < 1.29 is 0 Å². The molecule has 1 aliphatic heterocycles. The molecule has 3 heterocycles. The predicted molar refractivity (Wildman–Crippen MR) is 126 cm³/mol. The number of nitrogens with one attached hydrogen (secondary N) is 2. The summed E-state index contributed by atoms with van der Waals surface area (Å²) in [5.41, 5.74) is 5.41. The first-order valence-electron chi connectivity index (χ1n) is 10.7. The van der Waals surface area contributed by atoms with Crippen LogP contribution in [0.1, 0.15) is 12.8 Å². The first-order chi connectivity index (χ1) is 15.2. The van der Waals surface area contributed by atoms with Crippen LogP contribution >= 0.6 is 0 Å². The quantitative estimate of drug-likeness (QED) is 0.516. The van der Waals surface area contributed by atoms with Crippen LogP contribution in [0, 0.1) is 0 Å². The summed E-state index contributed by atoms with van der Waals surface area (Å²) in [7, 11) is 4.07. The average molecular weight is 414 g/mol. The van der Waals surface area contributed by atoms with Crippen LogP contribution in [0.3, 0.4) is 0 Å². The number of hydrogen-bond acceptors (Lipinski definition) is 6. The van der Waals surface area contributed by atoms with E-state index in [9.17, 15) is 0 Å². The Morgan fingerprint density at radius 2 is 1.87 bits per heavy atom. The number of piperidine rings is 1. The Morgan fingerprint density at radius 3 is 2.68 bits per heavy atom. The number of imidazole rings is 1. The first kappa shape index (κ1) is 19.5. The SMILES string of the molecule is CN(c1cc(-c2ccccc2)c2ncn(C)c2c1)c1ccnc(NC2CCNCC2)n1. The second-order valence-corrected chi connectivity index (χ2v) is 8.05. The highest BCUT2D eigenvalue weighted by Crippen LogP contribution is 2.34. The molecule has 2 N–H and O–H groups in total. The van der Waals surface area contributed by atoms with E-state index in [2.05, 4.69) is 66.5 Å². The van der Waals surface area contributed by atoms with Gasteiger partial charge in [-0.2, -0.15) is 4.98 Å². The number of rotatable bonds is 5. The van der Waals surface area contributed by atoms with Crippen LogP contribution in [0.4, 0.5) is 17.5 Å². The van der Waals surface area contributed by atoms with E-state index in [1.54, 1.807) is 0 Å². The van der Waals surface area contributed by atoms with E-state index in [-0.39, 0.29) is 0 Å². The molecule has 0 atom stereocenters. The number of benzene rings is 2. The monoisotopic (exact) mass is 413 g/mol. The zero-order valence-electron chi connectivity index (χ0n) is 17.9. The summed E-state index contributed by atoms with van der Waals surface area (Å²) in [5.74, 6) is 1.54. The number of aryl methyl sites for hydroxylation is 1. The Labute approximate surface area is 182 Å². The molecule has 2 aromatic heterocycles. The predicted octanol–water partition coefficient (Wildman–Crippen LogP) is 3.96. The van der Waals surface area contributed by atoms with E-state index in [0.29, 0.717) is 12.0 Å². The topological polar surface area (TPSA) is 70.9 Å². The number of fused-ring (bicyclic) bond motifs is 1. The van der Waals surface area contributed by atoms with Crippen molar-refractivity contribution in [3.8, 4) is 11.1 Å². The molecule has 0 bridgehead atoms. The molecule has 158 valence electrons. The Morgan fingerprint density at radius 1 is 1.06 bits per heavy atom. The van der Waals surface area contributed by atoms with Gasteiger partial charge in [-0.05, 0) is 49.7 Å². The van der Waals surface area contributed by atoms with Crippen LogP contribution in [0.15, 0.2) is 61.1 Å². The third-order valence-electron chi connectivity index (χ3n) is 5.94. The lowest BCUT2D eigenvalue weighted by atomic mass is 10.0. The lowest BCUT2D eigenvalue weighted by Gasteiger charge is -2.24. The molecule has 7 nitrogen and oxygen atoms in total. The Bertz CT molecular complexity index is 1180. The maximum atomic E-state index is 4.80. The van der Waals surface area contributed by atoms with Gasteiger partial charge in [-0.15, -0.1) is 0 Å². The van der Waals surface area contributed by atoms with Crippen molar-refractivity contribution >= 4 is 28.5 Å². The van der Waals surface area contributed by atoms with Crippen LogP contribution in [0.25, 0.3) is 22.2 Å². The smallest absolute Gasteiger partial charge is 0.224 e. The highest BCUT2D eigenvalue weighted by atomic mass is 15.2. The van der Waals surface area contributed by atoms with E-state index in [1.807, 2.05) is 38.8 Å².